The summed E-state index contributed by atoms with van der Waals surface area (Å²) in [6.07, 6.45) is 0. The molecule has 1 unspecified atom stereocenters. The molecule has 0 saturated carbocycles. The number of nitrogens with two attached hydrogens (primary N) is 1. The van der Waals surface area contributed by atoms with Crippen molar-refractivity contribution in [3.8, 4) is 0 Å². The van der Waals surface area contributed by atoms with E-state index in [1.165, 1.54) is 10.9 Å². The molecule has 0 bridgehead atoms. The quantitative estimate of drug-likeness (QED) is 0.754. The lowest BCUT2D eigenvalue weighted by Gasteiger charge is -2.18. The molecule has 1 atom stereocenters. The highest BCUT2D eigenvalue weighted by atomic mass is 14.6. The fraction of sp³-hybridized carbons (Fsp3) is 0.143. The second kappa shape index (κ2) is 5.00. The highest BCUT2D eigenvalue weighted by Gasteiger charge is 2.22. The van der Waals surface area contributed by atoms with Crippen LogP contribution in [0.2, 0.25) is 0 Å². The molecular weight excluding hydrogens is 193 g/mol. The first kappa shape index (κ1) is 11.0. The first-order valence-electron chi connectivity index (χ1n) is 5.64. The Balaban J connectivity index is 2.40. The highest BCUT2D eigenvalue weighted by Crippen LogP contribution is 1.95. The Kier molecular flexibility index (Phi) is 3.42. The van der Waals surface area contributed by atoms with Gasteiger partial charge in [-0.25, -0.2) is 0 Å². The molecule has 80 valence electrons. The lowest BCUT2D eigenvalue weighted by Crippen LogP contribution is -2.54. The van der Waals surface area contributed by atoms with E-state index in [9.17, 15) is 0 Å². The average molecular weight is 209 g/mol. The molecule has 2 aromatic rings. The van der Waals surface area contributed by atoms with Crippen LogP contribution in [-0.2, 0) is 0 Å². The van der Waals surface area contributed by atoms with Gasteiger partial charge in [0.1, 0.15) is 0 Å². The van der Waals surface area contributed by atoms with Crippen molar-refractivity contribution in [2.24, 2.45) is 5.73 Å². The van der Waals surface area contributed by atoms with Gasteiger partial charge in [0, 0.05) is 0 Å². The van der Waals surface area contributed by atoms with Gasteiger partial charge in [0.2, 0.25) is 6.71 Å². The van der Waals surface area contributed by atoms with E-state index in [0.29, 0.717) is 0 Å². The van der Waals surface area contributed by atoms with Crippen LogP contribution in [0.1, 0.15) is 6.92 Å². The summed E-state index contributed by atoms with van der Waals surface area (Å²) in [7, 11) is 0. The Bertz CT molecular complexity index is 386. The van der Waals surface area contributed by atoms with Gasteiger partial charge in [-0.05, 0) is 5.94 Å². The zero-order valence-electron chi connectivity index (χ0n) is 9.51. The number of hydrogen-bond donors (Lipinski definition) is 1. The molecule has 0 aliphatic carbocycles. The third kappa shape index (κ3) is 2.34. The minimum Gasteiger partial charge on any atom is -0.334 e. The maximum atomic E-state index is 6.10. The van der Waals surface area contributed by atoms with Crippen LogP contribution in [0.4, 0.5) is 0 Å². The van der Waals surface area contributed by atoms with Gasteiger partial charge in [0.15, 0.2) is 0 Å². The van der Waals surface area contributed by atoms with Gasteiger partial charge in [-0.2, -0.15) is 0 Å². The lowest BCUT2D eigenvalue weighted by molar-refractivity contribution is 1.01. The molecular formula is C14H16BN. The fourth-order valence-corrected chi connectivity index (χ4v) is 2.12. The summed E-state index contributed by atoms with van der Waals surface area (Å²) in [4.78, 5) is 0. The van der Waals surface area contributed by atoms with Crippen molar-refractivity contribution >= 4 is 17.6 Å². The van der Waals surface area contributed by atoms with E-state index in [2.05, 4.69) is 55.5 Å². The van der Waals surface area contributed by atoms with Crippen molar-refractivity contribution in [3.05, 3.63) is 60.7 Å². The molecule has 2 aromatic carbocycles. The van der Waals surface area contributed by atoms with Crippen LogP contribution in [-0.4, -0.2) is 12.7 Å². The van der Waals surface area contributed by atoms with E-state index < -0.39 is 0 Å². The predicted molar refractivity (Wildman–Crippen MR) is 71.6 cm³/mol. The van der Waals surface area contributed by atoms with E-state index in [-0.39, 0.29) is 12.7 Å². The fourth-order valence-electron chi connectivity index (χ4n) is 2.12. The smallest absolute Gasteiger partial charge is 0.226 e. The van der Waals surface area contributed by atoms with Crippen LogP contribution >= 0.6 is 0 Å². The summed E-state index contributed by atoms with van der Waals surface area (Å²) in [5.41, 5.74) is 8.66. The molecule has 0 heterocycles. The zero-order chi connectivity index (χ0) is 11.4. The summed E-state index contributed by atoms with van der Waals surface area (Å²) in [6, 6.07) is 20.9. The Morgan fingerprint density at radius 2 is 1.19 bits per heavy atom. The standard InChI is InChI=1S/C14H16BN/c1-12(16)15(13-8-4-2-5-9-13)14-10-6-3-7-11-14/h2-12H,16H2,1H3. The summed E-state index contributed by atoms with van der Waals surface area (Å²) < 4.78 is 0. The van der Waals surface area contributed by atoms with Crippen LogP contribution in [0.15, 0.2) is 60.7 Å². The average Bonchev–Trinajstić information content (AvgIpc) is 2.31. The largest absolute Gasteiger partial charge is 0.334 e. The molecule has 0 radical (unpaired) electrons. The monoisotopic (exact) mass is 209 g/mol. The van der Waals surface area contributed by atoms with Gasteiger partial charge in [0.25, 0.3) is 0 Å². The van der Waals surface area contributed by atoms with Gasteiger partial charge in [0.05, 0.1) is 0 Å². The molecule has 0 saturated heterocycles. The van der Waals surface area contributed by atoms with Crippen molar-refractivity contribution < 1.29 is 0 Å². The first-order valence-corrected chi connectivity index (χ1v) is 5.64. The van der Waals surface area contributed by atoms with Crippen molar-refractivity contribution in [1.82, 2.24) is 0 Å². The Labute approximate surface area is 97.4 Å². The summed E-state index contributed by atoms with van der Waals surface area (Å²) in [5, 5.41) is 0. The van der Waals surface area contributed by atoms with Crippen LogP contribution in [0.5, 0.6) is 0 Å². The van der Waals surface area contributed by atoms with E-state index in [1.807, 2.05) is 12.1 Å². The maximum Gasteiger partial charge on any atom is 0.226 e. The minimum absolute atomic E-state index is 0.116. The lowest BCUT2D eigenvalue weighted by atomic mass is 9.36. The van der Waals surface area contributed by atoms with Gasteiger partial charge in [-0.15, -0.1) is 0 Å². The Hall–Kier alpha value is -1.54. The molecule has 2 heteroatoms. The van der Waals surface area contributed by atoms with Crippen molar-refractivity contribution in [2.45, 2.75) is 12.9 Å². The van der Waals surface area contributed by atoms with Crippen molar-refractivity contribution in [2.75, 3.05) is 0 Å². The minimum atomic E-state index is 0.116. The molecule has 2 N–H and O–H groups in total. The zero-order valence-corrected chi connectivity index (χ0v) is 9.51. The third-order valence-electron chi connectivity index (χ3n) is 2.84. The van der Waals surface area contributed by atoms with Gasteiger partial charge >= 0.3 is 0 Å². The van der Waals surface area contributed by atoms with Crippen molar-refractivity contribution in [1.29, 1.82) is 0 Å². The molecule has 16 heavy (non-hydrogen) atoms. The maximum absolute atomic E-state index is 6.10. The van der Waals surface area contributed by atoms with E-state index >= 15 is 0 Å². The van der Waals surface area contributed by atoms with E-state index in [1.54, 1.807) is 0 Å². The molecule has 0 spiro atoms. The highest BCUT2D eigenvalue weighted by molar-refractivity contribution is 6.86. The summed E-state index contributed by atoms with van der Waals surface area (Å²) >= 11 is 0. The number of benzene rings is 2. The normalized spacial score (nSPS) is 12.1. The van der Waals surface area contributed by atoms with Crippen LogP contribution in [0, 0.1) is 0 Å². The van der Waals surface area contributed by atoms with Crippen LogP contribution in [0.3, 0.4) is 0 Å². The van der Waals surface area contributed by atoms with Crippen LogP contribution < -0.4 is 16.7 Å². The topological polar surface area (TPSA) is 26.0 Å². The summed E-state index contributed by atoms with van der Waals surface area (Å²) in [6.45, 7) is 2.34. The molecule has 2 rings (SSSR count). The second-order valence-corrected chi connectivity index (χ2v) is 4.16. The molecule has 0 fully saturated rings. The van der Waals surface area contributed by atoms with E-state index in [0.717, 1.165) is 0 Å². The van der Waals surface area contributed by atoms with E-state index in [4.69, 9.17) is 5.73 Å². The molecule has 0 amide bonds. The Morgan fingerprint density at radius 1 is 0.812 bits per heavy atom. The second-order valence-electron chi connectivity index (χ2n) is 4.16. The Morgan fingerprint density at radius 3 is 1.50 bits per heavy atom. The molecule has 0 aromatic heterocycles. The number of hydrogen-bond acceptors (Lipinski definition) is 1. The number of rotatable bonds is 3. The SMILES string of the molecule is CC(N)B(c1ccccc1)c1ccccc1. The van der Waals surface area contributed by atoms with Gasteiger partial charge in [-0.1, -0.05) is 78.5 Å². The van der Waals surface area contributed by atoms with Gasteiger partial charge < -0.3 is 5.73 Å². The first-order chi connectivity index (χ1) is 7.79. The summed E-state index contributed by atoms with van der Waals surface area (Å²) in [5.74, 6) is 0.116. The van der Waals surface area contributed by atoms with Crippen LogP contribution in [0.25, 0.3) is 0 Å². The molecule has 0 aliphatic rings. The predicted octanol–water partition coefficient (Wildman–Crippen LogP) is 1.18. The van der Waals surface area contributed by atoms with Crippen molar-refractivity contribution in [3.63, 3.8) is 0 Å². The third-order valence-corrected chi connectivity index (χ3v) is 2.84. The van der Waals surface area contributed by atoms with Gasteiger partial charge in [-0.3, -0.25) is 0 Å². The molecule has 1 nitrogen and oxygen atoms in total. The molecule has 0 aliphatic heterocycles.